The second-order valence-corrected chi connectivity index (χ2v) is 4.28. The number of allylic oxidation sites excluding steroid dienone is 2. The molecular weight excluding hydrogens is 259 g/mol. The summed E-state index contributed by atoms with van der Waals surface area (Å²) in [5.41, 5.74) is 2.72. The summed E-state index contributed by atoms with van der Waals surface area (Å²) in [6, 6.07) is 7.33. The van der Waals surface area contributed by atoms with Crippen molar-refractivity contribution in [1.29, 1.82) is 0 Å². The van der Waals surface area contributed by atoms with Crippen molar-refractivity contribution >= 4 is 19.2 Å². The maximum atomic E-state index is 13.1. The fourth-order valence-electron chi connectivity index (χ4n) is 2.21. The molecule has 0 radical (unpaired) electrons. The van der Waals surface area contributed by atoms with Gasteiger partial charge in [-0.05, 0) is 18.2 Å². The molecular formula is C14H11BF2N3+. The van der Waals surface area contributed by atoms with E-state index in [4.69, 9.17) is 0 Å². The topological polar surface area (TPSA) is 31.7 Å². The molecule has 2 aromatic heterocycles. The summed E-state index contributed by atoms with van der Waals surface area (Å²) < 4.78 is 27.2. The second-order valence-electron chi connectivity index (χ2n) is 4.28. The van der Waals surface area contributed by atoms with E-state index in [0.29, 0.717) is 11.3 Å². The average Bonchev–Trinajstić information content (AvgIpc) is 3.12. The number of pyridine rings is 1. The Balaban J connectivity index is 2.22. The van der Waals surface area contributed by atoms with Gasteiger partial charge in [-0.1, -0.05) is 6.07 Å². The van der Waals surface area contributed by atoms with Gasteiger partial charge in [0.2, 0.25) is 0 Å². The standard InChI is InChI=1S/C14H10BF2N3/c16-15(17)20-9-3-6-13(20)14(12-5-2-8-19-12)11-4-1-7-18-10-11/h1-10H/p+1. The molecule has 98 valence electrons. The fourth-order valence-corrected chi connectivity index (χ4v) is 2.21. The van der Waals surface area contributed by atoms with Gasteiger partial charge in [0.15, 0.2) is 5.70 Å². The summed E-state index contributed by atoms with van der Waals surface area (Å²) in [5, 5.41) is 0. The van der Waals surface area contributed by atoms with Gasteiger partial charge >= 0.3 is 7.40 Å². The molecule has 1 aliphatic heterocycles. The number of halogens is 2. The number of rotatable bonds is 3. The summed E-state index contributed by atoms with van der Waals surface area (Å²) in [7, 11) is -2.58. The van der Waals surface area contributed by atoms with Gasteiger partial charge in [0.25, 0.3) is 0 Å². The lowest BCUT2D eigenvalue weighted by Gasteiger charge is -2.07. The Morgan fingerprint density at radius 3 is 2.80 bits per heavy atom. The van der Waals surface area contributed by atoms with Gasteiger partial charge < -0.3 is 4.98 Å². The second kappa shape index (κ2) is 5.24. The lowest BCUT2D eigenvalue weighted by molar-refractivity contribution is -0.335. The van der Waals surface area contributed by atoms with E-state index in [1.807, 2.05) is 18.2 Å². The molecule has 0 atom stereocenters. The highest BCUT2D eigenvalue weighted by Gasteiger charge is 2.40. The van der Waals surface area contributed by atoms with Crippen LogP contribution in [-0.4, -0.2) is 28.1 Å². The minimum absolute atomic E-state index is 0.454. The highest BCUT2D eigenvalue weighted by Crippen LogP contribution is 2.28. The molecule has 20 heavy (non-hydrogen) atoms. The van der Waals surface area contributed by atoms with Gasteiger partial charge in [-0.3, -0.25) is 4.98 Å². The van der Waals surface area contributed by atoms with Gasteiger partial charge in [0.1, 0.15) is 6.21 Å². The van der Waals surface area contributed by atoms with Crippen LogP contribution in [0.2, 0.25) is 0 Å². The fraction of sp³-hybridized carbons (Fsp3) is 0. The number of hydrogen-bond acceptors (Lipinski definition) is 1. The van der Waals surface area contributed by atoms with Crippen LogP contribution < -0.4 is 0 Å². The number of nitrogens with one attached hydrogen (secondary N) is 1. The highest BCUT2D eigenvalue weighted by atomic mass is 19.2. The van der Waals surface area contributed by atoms with Crippen molar-refractivity contribution in [3.05, 3.63) is 72.0 Å². The van der Waals surface area contributed by atoms with E-state index in [2.05, 4.69) is 9.97 Å². The third-order valence-corrected chi connectivity index (χ3v) is 3.06. The van der Waals surface area contributed by atoms with Crippen LogP contribution in [0.1, 0.15) is 11.3 Å². The Bertz CT molecular complexity index is 688. The van der Waals surface area contributed by atoms with Crippen LogP contribution in [-0.2, 0) is 0 Å². The summed E-state index contributed by atoms with van der Waals surface area (Å²) in [4.78, 5) is 7.14. The molecule has 0 aromatic carbocycles. The van der Waals surface area contributed by atoms with Crippen LogP contribution in [0, 0.1) is 0 Å². The van der Waals surface area contributed by atoms with Crippen molar-refractivity contribution < 1.29 is 13.1 Å². The first-order chi connectivity index (χ1) is 9.77. The quantitative estimate of drug-likeness (QED) is 0.854. The highest BCUT2D eigenvalue weighted by molar-refractivity contribution is 6.34. The molecule has 1 N–H and O–H groups in total. The van der Waals surface area contributed by atoms with Gasteiger partial charge in [-0.2, -0.15) is 0 Å². The third-order valence-electron chi connectivity index (χ3n) is 3.06. The van der Waals surface area contributed by atoms with Crippen molar-refractivity contribution in [2.75, 3.05) is 0 Å². The molecule has 0 spiro atoms. The lowest BCUT2D eigenvalue weighted by atomic mass is 10.0. The van der Waals surface area contributed by atoms with Crippen LogP contribution in [0.4, 0.5) is 8.63 Å². The van der Waals surface area contributed by atoms with E-state index in [1.165, 1.54) is 6.21 Å². The molecule has 0 fully saturated rings. The summed E-state index contributed by atoms with van der Waals surface area (Å²) in [6.07, 6.45) is 9.75. The van der Waals surface area contributed by atoms with Crippen LogP contribution >= 0.6 is 0 Å². The Hall–Kier alpha value is -2.50. The summed E-state index contributed by atoms with van der Waals surface area (Å²) in [6.45, 7) is 0. The van der Waals surface area contributed by atoms with Gasteiger partial charge in [0.05, 0.1) is 11.3 Å². The van der Waals surface area contributed by atoms with E-state index in [0.717, 1.165) is 15.7 Å². The SMILES string of the molecule is FB(F)[N+]1=CC=C/C1=C(\c1cccnc1)c1ccc[nH]1. The number of hydrogen-bond donors (Lipinski definition) is 1. The van der Waals surface area contributed by atoms with Crippen LogP contribution in [0.25, 0.3) is 5.57 Å². The summed E-state index contributed by atoms with van der Waals surface area (Å²) in [5.74, 6) is 0. The van der Waals surface area contributed by atoms with E-state index < -0.39 is 7.40 Å². The predicted octanol–water partition coefficient (Wildman–Crippen LogP) is 2.75. The Kier molecular flexibility index (Phi) is 3.29. The normalized spacial score (nSPS) is 16.2. The maximum Gasteiger partial charge on any atom is 0.934 e. The molecule has 0 unspecified atom stereocenters. The Labute approximate surface area is 115 Å². The number of aromatic nitrogens is 2. The van der Waals surface area contributed by atoms with Crippen LogP contribution in [0.15, 0.2) is 60.7 Å². The zero-order valence-electron chi connectivity index (χ0n) is 10.5. The number of H-pyrrole nitrogens is 1. The molecule has 3 heterocycles. The van der Waals surface area contributed by atoms with E-state index in [9.17, 15) is 8.63 Å². The van der Waals surface area contributed by atoms with Crippen molar-refractivity contribution in [3.8, 4) is 0 Å². The third kappa shape index (κ3) is 2.20. The Morgan fingerprint density at radius 2 is 2.15 bits per heavy atom. The van der Waals surface area contributed by atoms with Crippen LogP contribution in [0.5, 0.6) is 0 Å². The van der Waals surface area contributed by atoms with Crippen LogP contribution in [0.3, 0.4) is 0 Å². The minimum Gasteiger partial charge on any atom is -0.361 e. The molecule has 0 saturated heterocycles. The summed E-state index contributed by atoms with van der Waals surface area (Å²) >= 11 is 0. The maximum absolute atomic E-state index is 13.1. The molecule has 2 aromatic rings. The molecule has 3 rings (SSSR count). The zero-order valence-corrected chi connectivity index (χ0v) is 10.5. The Morgan fingerprint density at radius 1 is 1.25 bits per heavy atom. The first kappa shape index (κ1) is 12.5. The lowest BCUT2D eigenvalue weighted by Crippen LogP contribution is -2.21. The van der Waals surface area contributed by atoms with Crippen molar-refractivity contribution in [2.24, 2.45) is 0 Å². The molecule has 0 amide bonds. The van der Waals surface area contributed by atoms with E-state index in [-0.39, 0.29) is 0 Å². The van der Waals surface area contributed by atoms with Gasteiger partial charge in [-0.15, -0.1) is 0 Å². The molecule has 0 saturated carbocycles. The number of aromatic amines is 1. The predicted molar refractivity (Wildman–Crippen MR) is 74.5 cm³/mol. The molecule has 0 aliphatic carbocycles. The minimum atomic E-state index is -2.58. The smallest absolute Gasteiger partial charge is 0.361 e. The zero-order chi connectivity index (χ0) is 13.9. The average molecular weight is 270 g/mol. The largest absolute Gasteiger partial charge is 0.934 e. The van der Waals surface area contributed by atoms with E-state index in [1.54, 1.807) is 36.8 Å². The molecule has 1 aliphatic rings. The number of nitrogens with zero attached hydrogens (tertiary/aromatic N) is 2. The van der Waals surface area contributed by atoms with Gasteiger partial charge in [0, 0.05) is 36.3 Å². The van der Waals surface area contributed by atoms with Crippen molar-refractivity contribution in [1.82, 2.24) is 9.97 Å². The molecule has 6 heteroatoms. The first-order valence-corrected chi connectivity index (χ1v) is 6.14. The van der Waals surface area contributed by atoms with E-state index >= 15 is 0 Å². The molecule has 0 bridgehead atoms. The van der Waals surface area contributed by atoms with Crippen molar-refractivity contribution in [2.45, 2.75) is 0 Å². The first-order valence-electron chi connectivity index (χ1n) is 6.14. The van der Waals surface area contributed by atoms with Gasteiger partial charge in [-0.25, -0.2) is 13.1 Å². The monoisotopic (exact) mass is 270 g/mol. The molecule has 3 nitrogen and oxygen atoms in total. The van der Waals surface area contributed by atoms with Crippen molar-refractivity contribution in [3.63, 3.8) is 0 Å².